The standard InChI is InChI=1S/C22H31N5O2/c1-25(2)22(29)27-15-9-13-18(27)20-24-19(17-12-7-8-14-26(17)20)21(28)23-16-10-5-3-4-6-11-16/h7-8,12,14,16,18H,3-6,9-11,13,15H2,1-2H3,(H,23,28). The third-order valence-electron chi connectivity index (χ3n) is 6.16. The van der Waals surface area contributed by atoms with E-state index in [1.807, 2.05) is 33.7 Å². The number of pyridine rings is 1. The Labute approximate surface area is 172 Å². The minimum Gasteiger partial charge on any atom is -0.348 e. The van der Waals surface area contributed by atoms with E-state index in [1.165, 1.54) is 25.7 Å². The Morgan fingerprint density at radius 2 is 1.83 bits per heavy atom. The minimum atomic E-state index is -0.112. The van der Waals surface area contributed by atoms with Gasteiger partial charge in [0.05, 0.1) is 11.6 Å². The Kier molecular flexibility index (Phi) is 5.74. The van der Waals surface area contributed by atoms with Crippen molar-refractivity contribution in [3.63, 3.8) is 0 Å². The van der Waals surface area contributed by atoms with Gasteiger partial charge in [-0.25, -0.2) is 9.78 Å². The van der Waals surface area contributed by atoms with E-state index in [-0.39, 0.29) is 24.0 Å². The second kappa shape index (κ2) is 8.43. The number of hydrogen-bond donors (Lipinski definition) is 1. The van der Waals surface area contributed by atoms with Crippen molar-refractivity contribution in [2.75, 3.05) is 20.6 Å². The van der Waals surface area contributed by atoms with Gasteiger partial charge in [0.1, 0.15) is 5.82 Å². The molecule has 2 aliphatic rings. The summed E-state index contributed by atoms with van der Waals surface area (Å²) in [5.41, 5.74) is 1.27. The van der Waals surface area contributed by atoms with Crippen molar-refractivity contribution in [3.05, 3.63) is 35.9 Å². The number of aromatic nitrogens is 2. The number of hydrogen-bond acceptors (Lipinski definition) is 3. The van der Waals surface area contributed by atoms with Crippen molar-refractivity contribution < 1.29 is 9.59 Å². The number of fused-ring (bicyclic) bond motifs is 1. The fraction of sp³-hybridized carbons (Fsp3) is 0.591. The highest BCUT2D eigenvalue weighted by atomic mass is 16.2. The molecule has 3 heterocycles. The van der Waals surface area contributed by atoms with Crippen LogP contribution in [0, 0.1) is 0 Å². The highest BCUT2D eigenvalue weighted by Gasteiger charge is 2.35. The van der Waals surface area contributed by atoms with Gasteiger partial charge in [-0.2, -0.15) is 0 Å². The molecule has 1 N–H and O–H groups in total. The molecule has 4 rings (SSSR count). The molecule has 156 valence electrons. The van der Waals surface area contributed by atoms with Crippen molar-refractivity contribution >= 4 is 17.5 Å². The Morgan fingerprint density at radius 3 is 2.55 bits per heavy atom. The topological polar surface area (TPSA) is 70.0 Å². The summed E-state index contributed by atoms with van der Waals surface area (Å²) >= 11 is 0. The van der Waals surface area contributed by atoms with Crippen LogP contribution < -0.4 is 5.32 Å². The molecule has 1 aliphatic heterocycles. The first-order chi connectivity index (χ1) is 14.1. The Hall–Kier alpha value is -2.57. The molecule has 3 amide bonds. The zero-order valence-corrected chi connectivity index (χ0v) is 17.4. The molecular weight excluding hydrogens is 366 g/mol. The molecule has 1 aliphatic carbocycles. The molecule has 29 heavy (non-hydrogen) atoms. The maximum atomic E-state index is 13.1. The van der Waals surface area contributed by atoms with Gasteiger partial charge in [-0.15, -0.1) is 0 Å². The Morgan fingerprint density at radius 1 is 1.07 bits per heavy atom. The van der Waals surface area contributed by atoms with Crippen LogP contribution in [0.2, 0.25) is 0 Å². The number of urea groups is 1. The van der Waals surface area contributed by atoms with E-state index in [9.17, 15) is 9.59 Å². The van der Waals surface area contributed by atoms with Gasteiger partial charge in [-0.1, -0.05) is 31.7 Å². The molecule has 7 heteroatoms. The molecule has 0 radical (unpaired) electrons. The number of nitrogens with zero attached hydrogens (tertiary/aromatic N) is 4. The van der Waals surface area contributed by atoms with Crippen LogP contribution in [0.1, 0.15) is 73.7 Å². The van der Waals surface area contributed by atoms with Gasteiger partial charge in [0.25, 0.3) is 5.91 Å². The van der Waals surface area contributed by atoms with Crippen molar-refractivity contribution in [2.45, 2.75) is 63.5 Å². The Balaban J connectivity index is 1.64. The number of carbonyl (C=O) groups is 2. The number of likely N-dealkylation sites (tertiary alicyclic amines) is 1. The van der Waals surface area contributed by atoms with Crippen LogP contribution in [-0.4, -0.2) is 57.8 Å². The van der Waals surface area contributed by atoms with Gasteiger partial charge in [-0.3, -0.25) is 4.79 Å². The number of nitrogens with one attached hydrogen (secondary N) is 1. The molecule has 1 atom stereocenters. The second-order valence-electron chi connectivity index (χ2n) is 8.46. The predicted octanol–water partition coefficient (Wildman–Crippen LogP) is 3.61. The summed E-state index contributed by atoms with van der Waals surface area (Å²) in [6, 6.07) is 5.92. The second-order valence-corrected chi connectivity index (χ2v) is 8.46. The van der Waals surface area contributed by atoms with Crippen molar-refractivity contribution in [2.24, 2.45) is 0 Å². The van der Waals surface area contributed by atoms with Crippen LogP contribution >= 0.6 is 0 Å². The highest BCUT2D eigenvalue weighted by Crippen LogP contribution is 2.33. The first kappa shape index (κ1) is 19.7. The lowest BCUT2D eigenvalue weighted by molar-refractivity contribution is 0.0930. The minimum absolute atomic E-state index is 0.00959. The van der Waals surface area contributed by atoms with Gasteiger partial charge in [-0.05, 0) is 37.8 Å². The zero-order chi connectivity index (χ0) is 20.4. The van der Waals surface area contributed by atoms with Crippen molar-refractivity contribution in [3.8, 4) is 0 Å². The van der Waals surface area contributed by atoms with Crippen LogP contribution in [0.4, 0.5) is 4.79 Å². The predicted molar refractivity (Wildman–Crippen MR) is 112 cm³/mol. The number of amides is 3. The Bertz CT molecular complexity index is 882. The summed E-state index contributed by atoms with van der Waals surface area (Å²) in [5.74, 6) is 0.676. The van der Waals surface area contributed by atoms with Crippen LogP contribution in [0.15, 0.2) is 24.4 Å². The molecule has 0 aromatic carbocycles. The van der Waals surface area contributed by atoms with Crippen LogP contribution in [0.25, 0.3) is 5.52 Å². The molecule has 7 nitrogen and oxygen atoms in total. The summed E-state index contributed by atoms with van der Waals surface area (Å²) in [4.78, 5) is 34.0. The third kappa shape index (κ3) is 3.95. The zero-order valence-electron chi connectivity index (χ0n) is 17.4. The lowest BCUT2D eigenvalue weighted by atomic mass is 10.1. The van der Waals surface area contributed by atoms with Gasteiger partial charge in [0.2, 0.25) is 0 Å². The smallest absolute Gasteiger partial charge is 0.320 e. The molecule has 0 spiro atoms. The molecule has 1 saturated heterocycles. The van der Waals surface area contributed by atoms with Crippen LogP contribution in [0.3, 0.4) is 0 Å². The monoisotopic (exact) mass is 397 g/mol. The quantitative estimate of drug-likeness (QED) is 0.805. The van der Waals surface area contributed by atoms with E-state index in [0.717, 1.165) is 37.0 Å². The van der Waals surface area contributed by atoms with E-state index in [0.29, 0.717) is 12.2 Å². The number of rotatable bonds is 3. The SMILES string of the molecule is CN(C)C(=O)N1CCCC1c1nc(C(=O)NC2CCCCCC2)c2ccccn12. The van der Waals surface area contributed by atoms with Gasteiger partial charge in [0, 0.05) is 32.9 Å². The lowest BCUT2D eigenvalue weighted by Crippen LogP contribution is -2.39. The largest absolute Gasteiger partial charge is 0.348 e. The fourth-order valence-electron chi connectivity index (χ4n) is 4.66. The maximum absolute atomic E-state index is 13.1. The summed E-state index contributed by atoms with van der Waals surface area (Å²) in [5, 5.41) is 3.22. The fourth-order valence-corrected chi connectivity index (χ4v) is 4.66. The summed E-state index contributed by atoms with van der Waals surface area (Å²) in [7, 11) is 3.54. The van der Waals surface area contributed by atoms with E-state index in [4.69, 9.17) is 4.98 Å². The normalized spacial score (nSPS) is 20.6. The van der Waals surface area contributed by atoms with Crippen LogP contribution in [-0.2, 0) is 0 Å². The number of carbonyl (C=O) groups excluding carboxylic acids is 2. The third-order valence-corrected chi connectivity index (χ3v) is 6.16. The molecule has 2 aromatic rings. The van der Waals surface area contributed by atoms with Gasteiger partial charge in [0.15, 0.2) is 5.69 Å². The van der Waals surface area contributed by atoms with E-state index in [2.05, 4.69) is 5.32 Å². The van der Waals surface area contributed by atoms with E-state index < -0.39 is 0 Å². The summed E-state index contributed by atoms with van der Waals surface area (Å²) in [6.07, 6.45) is 10.7. The average Bonchev–Trinajstić information content (AvgIpc) is 3.25. The van der Waals surface area contributed by atoms with Gasteiger partial charge >= 0.3 is 6.03 Å². The molecule has 2 fully saturated rings. The summed E-state index contributed by atoms with van der Waals surface area (Å²) in [6.45, 7) is 0.715. The molecule has 1 saturated carbocycles. The van der Waals surface area contributed by atoms with Crippen molar-refractivity contribution in [1.29, 1.82) is 0 Å². The molecule has 0 bridgehead atoms. The highest BCUT2D eigenvalue weighted by molar-refractivity contribution is 5.99. The number of imidazole rings is 1. The average molecular weight is 398 g/mol. The van der Waals surface area contributed by atoms with E-state index >= 15 is 0 Å². The molecule has 2 aromatic heterocycles. The van der Waals surface area contributed by atoms with Gasteiger partial charge < -0.3 is 19.5 Å². The van der Waals surface area contributed by atoms with E-state index in [1.54, 1.807) is 19.0 Å². The summed E-state index contributed by atoms with van der Waals surface area (Å²) < 4.78 is 1.98. The first-order valence-electron chi connectivity index (χ1n) is 10.8. The van der Waals surface area contributed by atoms with Crippen molar-refractivity contribution in [1.82, 2.24) is 24.5 Å². The van der Waals surface area contributed by atoms with Crippen LogP contribution in [0.5, 0.6) is 0 Å². The molecule has 1 unspecified atom stereocenters. The lowest BCUT2D eigenvalue weighted by Gasteiger charge is -2.27. The molecular formula is C22H31N5O2. The first-order valence-corrected chi connectivity index (χ1v) is 10.8. The maximum Gasteiger partial charge on any atom is 0.320 e.